The minimum atomic E-state index is -1.03. The summed E-state index contributed by atoms with van der Waals surface area (Å²) in [4.78, 5) is 42.2. The molecule has 2 saturated heterocycles. The summed E-state index contributed by atoms with van der Waals surface area (Å²) in [6.45, 7) is 9.14. The Morgan fingerprint density at radius 1 is 1.04 bits per heavy atom. The lowest BCUT2D eigenvalue weighted by Gasteiger charge is -2.46. The molecule has 270 valence electrons. The predicted molar refractivity (Wildman–Crippen MR) is 185 cm³/mol. The van der Waals surface area contributed by atoms with Gasteiger partial charge in [0.25, 0.3) is 0 Å². The number of fused-ring (bicyclic) bond motifs is 1. The van der Waals surface area contributed by atoms with Crippen LogP contribution in [0.4, 0.5) is 13.6 Å². The maximum Gasteiger partial charge on any atom is 0.329 e. The normalized spacial score (nSPS) is 28.8. The molecule has 6 rings (SSSR count). The number of carbonyl (C=O) groups excluding carboxylic acids is 2. The fraction of sp³-hybridized carbons (Fsp3) is 0.564. The largest absolute Gasteiger partial charge is 0.481 e. The number of likely N-dealkylation sites (tertiary alicyclic amines) is 1. The van der Waals surface area contributed by atoms with Gasteiger partial charge in [-0.1, -0.05) is 19.1 Å². The summed E-state index contributed by atoms with van der Waals surface area (Å²) in [5, 5.41) is 13.6. The first-order valence-electron chi connectivity index (χ1n) is 18.0. The van der Waals surface area contributed by atoms with Crippen molar-refractivity contribution in [1.82, 2.24) is 14.8 Å². The third-order valence-electron chi connectivity index (χ3n) is 11.5. The van der Waals surface area contributed by atoms with Crippen LogP contribution in [0.25, 0.3) is 10.9 Å². The van der Waals surface area contributed by atoms with E-state index in [0.29, 0.717) is 62.8 Å². The first-order valence-corrected chi connectivity index (χ1v) is 18.0. The minimum Gasteiger partial charge on any atom is -0.481 e. The molecule has 9 nitrogen and oxygen atoms in total. The average Bonchev–Trinajstić information content (AvgIpc) is 3.35. The molecule has 3 heterocycles. The number of halogens is 2. The van der Waals surface area contributed by atoms with Gasteiger partial charge in [0.1, 0.15) is 11.6 Å². The van der Waals surface area contributed by atoms with Gasteiger partial charge in [-0.15, -0.1) is 0 Å². The van der Waals surface area contributed by atoms with Gasteiger partial charge in [0.15, 0.2) is 0 Å². The number of piperidine rings is 1. The number of ether oxygens (including phenoxy) is 2. The first kappa shape index (κ1) is 36.0. The molecule has 0 bridgehead atoms. The van der Waals surface area contributed by atoms with E-state index >= 15 is 0 Å². The molecule has 2 N–H and O–H groups in total. The molecular weight excluding hydrogens is 644 g/mol. The predicted octanol–water partition coefficient (Wildman–Crippen LogP) is 6.75. The van der Waals surface area contributed by atoms with E-state index in [1.807, 2.05) is 27.7 Å². The zero-order valence-corrected chi connectivity index (χ0v) is 29.4. The van der Waals surface area contributed by atoms with E-state index in [1.165, 1.54) is 24.3 Å². The van der Waals surface area contributed by atoms with Gasteiger partial charge in [0.2, 0.25) is 5.91 Å². The Balaban J connectivity index is 1.25. The smallest absolute Gasteiger partial charge is 0.329 e. The number of nitrogens with one attached hydrogen (secondary N) is 1. The Morgan fingerprint density at radius 3 is 2.42 bits per heavy atom. The zero-order valence-electron chi connectivity index (χ0n) is 29.4. The van der Waals surface area contributed by atoms with E-state index in [9.17, 15) is 28.3 Å². The van der Waals surface area contributed by atoms with Crippen LogP contribution in [-0.4, -0.2) is 76.5 Å². The van der Waals surface area contributed by atoms with Crippen LogP contribution in [0.5, 0.6) is 0 Å². The molecule has 1 saturated carbocycles. The highest BCUT2D eigenvalue weighted by Gasteiger charge is 2.48. The second-order valence-electron chi connectivity index (χ2n) is 14.6. The van der Waals surface area contributed by atoms with E-state index < -0.39 is 35.0 Å². The van der Waals surface area contributed by atoms with Crippen LogP contribution in [0.15, 0.2) is 42.5 Å². The van der Waals surface area contributed by atoms with Gasteiger partial charge >= 0.3 is 12.0 Å². The summed E-state index contributed by atoms with van der Waals surface area (Å²) in [7, 11) is 0. The second kappa shape index (κ2) is 14.8. The zero-order chi connectivity index (χ0) is 35.7. The molecule has 3 aromatic rings. The molecular formula is C39H49F2N3O6. The number of aliphatic carboxylic acids is 1. The molecule has 50 heavy (non-hydrogen) atoms. The van der Waals surface area contributed by atoms with Gasteiger partial charge in [-0.2, -0.15) is 0 Å². The lowest BCUT2D eigenvalue weighted by molar-refractivity contribution is -0.143. The van der Waals surface area contributed by atoms with E-state index in [4.69, 9.17) is 9.47 Å². The molecule has 1 aromatic heterocycles. The molecule has 2 unspecified atom stereocenters. The third kappa shape index (κ3) is 7.04. The Bertz CT molecular complexity index is 1720. The highest BCUT2D eigenvalue weighted by atomic mass is 19.1. The van der Waals surface area contributed by atoms with Crippen molar-refractivity contribution in [3.05, 3.63) is 70.9 Å². The number of carboxylic acid groups (broad SMARTS) is 1. The number of benzene rings is 2. The Labute approximate surface area is 292 Å². The quantitative estimate of drug-likeness (QED) is 0.270. The summed E-state index contributed by atoms with van der Waals surface area (Å²) in [5.41, 5.74) is 1.82. The number of aromatic nitrogens is 1. The molecule has 11 heteroatoms. The number of rotatable bonds is 8. The van der Waals surface area contributed by atoms with Crippen molar-refractivity contribution < 1.29 is 37.7 Å². The van der Waals surface area contributed by atoms with Crippen molar-refractivity contribution in [2.24, 2.45) is 11.8 Å². The van der Waals surface area contributed by atoms with Gasteiger partial charge in [0.05, 0.1) is 35.7 Å². The standard InChI is InChI=1S/C39H49F2N3O6/c1-5-49-31-13-12-30(50-22-31)20-33-25(4)44(35-19-29(41)11-14-32(33)35)38(48)43-17-16-39(21-24(43)3,27-7-9-28(40)10-8-27)37(47)42-34-15-6-26(36(45)46)18-23(34)2/h7-11,14,19,23-24,26,30-31,34H,5-6,12-13,15-18,20-22H2,1-4H3,(H,42,47)(H,45,46)/t23-,24-,26-,30?,31?,34-,39-/m0/s1. The van der Waals surface area contributed by atoms with Crippen molar-refractivity contribution in [1.29, 1.82) is 0 Å². The fourth-order valence-electron chi connectivity index (χ4n) is 8.67. The summed E-state index contributed by atoms with van der Waals surface area (Å²) in [6.07, 6.45) is 4.45. The SMILES string of the molecule is CCOC1CCC(Cc2c(C)n(C(=O)N3CC[C@@](C(=O)N[C@H]4CC[C@H](C(=O)O)C[C@@H]4C)(c4ccc(F)cc4)C[C@@H]3C)c3cc(F)ccc23)OC1. The van der Waals surface area contributed by atoms with Gasteiger partial charge in [-0.3, -0.25) is 14.2 Å². The molecule has 2 aliphatic heterocycles. The van der Waals surface area contributed by atoms with Gasteiger partial charge in [-0.25, -0.2) is 13.6 Å². The highest BCUT2D eigenvalue weighted by Crippen LogP contribution is 2.41. The molecule has 2 aromatic carbocycles. The molecule has 3 aliphatic rings. The van der Waals surface area contributed by atoms with E-state index in [0.717, 1.165) is 29.5 Å². The topological polar surface area (TPSA) is 110 Å². The van der Waals surface area contributed by atoms with Crippen LogP contribution in [-0.2, 0) is 30.9 Å². The van der Waals surface area contributed by atoms with Crippen LogP contribution in [0.1, 0.15) is 82.5 Å². The van der Waals surface area contributed by atoms with E-state index in [1.54, 1.807) is 27.7 Å². The minimum absolute atomic E-state index is 0.0251. The lowest BCUT2D eigenvalue weighted by Crippen LogP contribution is -2.58. The van der Waals surface area contributed by atoms with E-state index in [-0.39, 0.29) is 42.7 Å². The monoisotopic (exact) mass is 693 g/mol. The first-order chi connectivity index (χ1) is 23.9. The maximum atomic E-state index is 14.7. The molecule has 3 fully saturated rings. The fourth-order valence-corrected chi connectivity index (χ4v) is 8.67. The van der Waals surface area contributed by atoms with Crippen LogP contribution in [0.2, 0.25) is 0 Å². The Morgan fingerprint density at radius 2 is 1.78 bits per heavy atom. The van der Waals surface area contributed by atoms with Crippen LogP contribution < -0.4 is 5.32 Å². The number of nitrogens with zero attached hydrogens (tertiary/aromatic N) is 2. The lowest BCUT2D eigenvalue weighted by atomic mass is 9.69. The average molecular weight is 694 g/mol. The molecule has 0 radical (unpaired) electrons. The van der Waals surface area contributed by atoms with Gasteiger partial charge < -0.3 is 24.8 Å². The number of carboxylic acids is 1. The Hall–Kier alpha value is -3.83. The number of hydrogen-bond donors (Lipinski definition) is 2. The van der Waals surface area contributed by atoms with Crippen molar-refractivity contribution in [3.8, 4) is 0 Å². The molecule has 7 atom stereocenters. The Kier molecular flexibility index (Phi) is 10.6. The summed E-state index contributed by atoms with van der Waals surface area (Å²) < 4.78 is 42.3. The van der Waals surface area contributed by atoms with Crippen molar-refractivity contribution >= 4 is 28.8 Å². The van der Waals surface area contributed by atoms with Crippen molar-refractivity contribution in [3.63, 3.8) is 0 Å². The number of carbonyl (C=O) groups is 3. The summed E-state index contributed by atoms with van der Waals surface area (Å²) in [5.74, 6) is -2.30. The molecule has 1 aliphatic carbocycles. The maximum absolute atomic E-state index is 14.7. The van der Waals surface area contributed by atoms with Crippen LogP contribution in [0.3, 0.4) is 0 Å². The number of hydrogen-bond acceptors (Lipinski definition) is 5. The third-order valence-corrected chi connectivity index (χ3v) is 11.5. The highest BCUT2D eigenvalue weighted by molar-refractivity contribution is 5.96. The van der Waals surface area contributed by atoms with Crippen molar-refractivity contribution in [2.45, 2.75) is 109 Å². The summed E-state index contributed by atoms with van der Waals surface area (Å²) >= 11 is 0. The van der Waals surface area contributed by atoms with E-state index in [2.05, 4.69) is 5.32 Å². The van der Waals surface area contributed by atoms with Crippen LogP contribution >= 0.6 is 0 Å². The summed E-state index contributed by atoms with van der Waals surface area (Å²) in [6, 6.07) is 9.69. The second-order valence-corrected chi connectivity index (χ2v) is 14.6. The van der Waals surface area contributed by atoms with Gasteiger partial charge in [0, 0.05) is 42.7 Å². The van der Waals surface area contributed by atoms with Crippen LogP contribution in [0, 0.1) is 30.4 Å². The van der Waals surface area contributed by atoms with Gasteiger partial charge in [-0.05, 0) is 113 Å². The van der Waals surface area contributed by atoms with Crippen molar-refractivity contribution in [2.75, 3.05) is 19.8 Å². The molecule has 0 spiro atoms. The molecule has 2 amide bonds. The number of amides is 2.